The molecular weight excluding hydrogens is 657 g/mol. The number of aromatic nitrogens is 4. The number of hydrogen-bond donors (Lipinski definition) is 0. The first-order chi connectivity index (χ1) is 26.8. The summed E-state index contributed by atoms with van der Waals surface area (Å²) in [6, 6.07) is 69.2. The first-order valence-corrected chi connectivity index (χ1v) is 18.3. The largest absolute Gasteiger partial charge is 0.279 e. The van der Waals surface area contributed by atoms with Crippen molar-refractivity contribution in [1.29, 1.82) is 0 Å². The van der Waals surface area contributed by atoms with Gasteiger partial charge in [0, 0.05) is 16.2 Å². The molecule has 0 atom stereocenters. The number of nitrogens with zero attached hydrogens (tertiary/aromatic N) is 4. The number of para-hydroxylation sites is 4. The van der Waals surface area contributed by atoms with Crippen LogP contribution in [0.2, 0.25) is 0 Å². The lowest BCUT2D eigenvalue weighted by atomic mass is 9.92. The Morgan fingerprint density at radius 2 is 0.778 bits per heavy atom. The average molecular weight is 689 g/mol. The molecule has 0 unspecified atom stereocenters. The third-order valence-corrected chi connectivity index (χ3v) is 10.7. The monoisotopic (exact) mass is 688 g/mol. The van der Waals surface area contributed by atoms with E-state index in [0.717, 1.165) is 55.7 Å². The van der Waals surface area contributed by atoms with E-state index in [9.17, 15) is 0 Å². The van der Waals surface area contributed by atoms with Crippen molar-refractivity contribution in [2.75, 3.05) is 0 Å². The molecule has 0 saturated heterocycles. The summed E-state index contributed by atoms with van der Waals surface area (Å²) in [5, 5.41) is 3.41. The molecule has 0 aliphatic rings. The van der Waals surface area contributed by atoms with E-state index in [1.165, 1.54) is 44.2 Å². The van der Waals surface area contributed by atoms with Gasteiger partial charge in [-0.25, -0.2) is 9.97 Å². The van der Waals surface area contributed by atoms with E-state index in [2.05, 4.69) is 191 Å². The fourth-order valence-electron chi connectivity index (χ4n) is 8.09. The molecule has 252 valence electrons. The topological polar surface area (TPSA) is 35.1 Å². The molecule has 0 radical (unpaired) electrons. The molecule has 0 aliphatic carbocycles. The maximum Gasteiger partial charge on any atom is 0.221 e. The van der Waals surface area contributed by atoms with Gasteiger partial charge >= 0.3 is 0 Å². The Morgan fingerprint density at radius 3 is 1.44 bits per heavy atom. The molecule has 3 aromatic heterocycles. The Bertz CT molecular complexity index is 3130. The molecular formula is C50H32N4. The molecule has 0 spiro atoms. The number of fused-ring (bicyclic) bond motifs is 8. The van der Waals surface area contributed by atoms with Crippen LogP contribution in [0.15, 0.2) is 194 Å². The lowest BCUT2D eigenvalue weighted by Gasteiger charge is -2.13. The van der Waals surface area contributed by atoms with Crippen LogP contribution >= 0.6 is 0 Å². The summed E-state index contributed by atoms with van der Waals surface area (Å²) in [6.07, 6.45) is 0. The highest BCUT2D eigenvalue weighted by molar-refractivity contribution is 6.10. The van der Waals surface area contributed by atoms with Crippen molar-refractivity contribution in [3.8, 4) is 50.5 Å². The van der Waals surface area contributed by atoms with Crippen molar-refractivity contribution < 1.29 is 0 Å². The van der Waals surface area contributed by atoms with Crippen molar-refractivity contribution in [3.63, 3.8) is 0 Å². The summed E-state index contributed by atoms with van der Waals surface area (Å²) in [6.45, 7) is 0. The molecule has 0 bridgehead atoms. The van der Waals surface area contributed by atoms with Crippen LogP contribution in [0.1, 0.15) is 0 Å². The second-order valence-corrected chi connectivity index (χ2v) is 13.9. The lowest BCUT2D eigenvalue weighted by molar-refractivity contribution is 0.979. The van der Waals surface area contributed by atoms with Gasteiger partial charge in [0.1, 0.15) is 5.65 Å². The minimum absolute atomic E-state index is 0.823. The Labute approximate surface area is 311 Å². The fourth-order valence-corrected chi connectivity index (χ4v) is 8.09. The number of imidazole rings is 1. The molecule has 0 saturated carbocycles. The average Bonchev–Trinajstić information content (AvgIpc) is 3.80. The maximum absolute atomic E-state index is 5.36. The van der Waals surface area contributed by atoms with E-state index >= 15 is 0 Å². The highest BCUT2D eigenvalue weighted by Gasteiger charge is 2.20. The van der Waals surface area contributed by atoms with E-state index in [1.807, 2.05) is 12.1 Å². The maximum atomic E-state index is 5.36. The Balaban J connectivity index is 1.08. The summed E-state index contributed by atoms with van der Waals surface area (Å²) in [5.74, 6) is 0.823. The van der Waals surface area contributed by atoms with Crippen LogP contribution in [-0.4, -0.2) is 18.9 Å². The Hall–Kier alpha value is -7.30. The minimum Gasteiger partial charge on any atom is -0.279 e. The van der Waals surface area contributed by atoms with Gasteiger partial charge in [-0.2, -0.15) is 0 Å². The van der Waals surface area contributed by atoms with Gasteiger partial charge in [0.05, 0.1) is 27.6 Å². The molecule has 4 nitrogen and oxygen atoms in total. The smallest absolute Gasteiger partial charge is 0.221 e. The molecule has 54 heavy (non-hydrogen) atoms. The predicted octanol–water partition coefficient (Wildman–Crippen LogP) is 12.8. The van der Waals surface area contributed by atoms with Gasteiger partial charge in [0.25, 0.3) is 0 Å². The van der Waals surface area contributed by atoms with Crippen LogP contribution in [-0.2, 0) is 0 Å². The highest BCUT2D eigenvalue weighted by atomic mass is 15.2. The van der Waals surface area contributed by atoms with Gasteiger partial charge in [-0.15, -0.1) is 0 Å². The lowest BCUT2D eigenvalue weighted by Crippen LogP contribution is -2.06. The van der Waals surface area contributed by atoms with Crippen molar-refractivity contribution in [1.82, 2.24) is 18.9 Å². The molecule has 11 rings (SSSR count). The highest BCUT2D eigenvalue weighted by Crippen LogP contribution is 2.38. The van der Waals surface area contributed by atoms with Crippen LogP contribution in [0.5, 0.6) is 0 Å². The minimum atomic E-state index is 0.823. The van der Waals surface area contributed by atoms with E-state index in [-0.39, 0.29) is 0 Å². The van der Waals surface area contributed by atoms with Gasteiger partial charge in [-0.05, 0) is 99.1 Å². The van der Waals surface area contributed by atoms with E-state index in [0.29, 0.717) is 0 Å². The molecule has 0 aliphatic heterocycles. The summed E-state index contributed by atoms with van der Waals surface area (Å²) in [5.41, 5.74) is 15.5. The van der Waals surface area contributed by atoms with E-state index in [4.69, 9.17) is 9.97 Å². The van der Waals surface area contributed by atoms with Gasteiger partial charge in [-0.3, -0.25) is 8.97 Å². The molecule has 4 heteroatoms. The number of rotatable bonds is 5. The van der Waals surface area contributed by atoms with Gasteiger partial charge in [0.2, 0.25) is 5.95 Å². The second kappa shape index (κ2) is 12.1. The molecule has 11 aromatic rings. The van der Waals surface area contributed by atoms with Crippen molar-refractivity contribution >= 4 is 49.4 Å². The van der Waals surface area contributed by atoms with E-state index < -0.39 is 0 Å². The Kier molecular flexibility index (Phi) is 6.82. The fraction of sp³-hybridized carbons (Fsp3) is 0. The molecule has 3 heterocycles. The number of hydrogen-bond acceptors (Lipinski definition) is 2. The second-order valence-electron chi connectivity index (χ2n) is 13.9. The summed E-state index contributed by atoms with van der Waals surface area (Å²) >= 11 is 0. The standard InChI is InChI=1S/C50H32N4/c1-3-13-33(14-4-1)38-29-39(34-15-5-2-6-16-34)31-40(30-38)36-25-23-35(24-26-36)37-27-28-42-41-17-8-11-21-46(41)53(48(42)32-37)50-52-44-19-9-7-18-43(44)49-51-45-20-10-12-22-47(45)54(49)50/h1-32H. The third-order valence-electron chi connectivity index (χ3n) is 10.7. The first-order valence-electron chi connectivity index (χ1n) is 18.3. The zero-order chi connectivity index (χ0) is 35.6. The van der Waals surface area contributed by atoms with E-state index in [1.54, 1.807) is 0 Å². The van der Waals surface area contributed by atoms with Crippen LogP contribution in [0.4, 0.5) is 0 Å². The molecule has 0 amide bonds. The van der Waals surface area contributed by atoms with Crippen LogP contribution in [0.25, 0.3) is 99.8 Å². The third kappa shape index (κ3) is 4.85. The normalized spacial score (nSPS) is 11.7. The van der Waals surface area contributed by atoms with Gasteiger partial charge < -0.3 is 0 Å². The summed E-state index contributed by atoms with van der Waals surface area (Å²) in [7, 11) is 0. The Morgan fingerprint density at radius 1 is 0.296 bits per heavy atom. The summed E-state index contributed by atoms with van der Waals surface area (Å²) < 4.78 is 4.54. The molecule has 8 aromatic carbocycles. The van der Waals surface area contributed by atoms with Crippen molar-refractivity contribution in [2.45, 2.75) is 0 Å². The van der Waals surface area contributed by atoms with Crippen LogP contribution in [0, 0.1) is 0 Å². The summed E-state index contributed by atoms with van der Waals surface area (Å²) in [4.78, 5) is 10.5. The number of benzene rings is 8. The zero-order valence-electron chi connectivity index (χ0n) is 29.3. The van der Waals surface area contributed by atoms with Crippen LogP contribution in [0.3, 0.4) is 0 Å². The quantitative estimate of drug-likeness (QED) is 0.180. The van der Waals surface area contributed by atoms with Gasteiger partial charge in [0.15, 0.2) is 0 Å². The molecule has 0 N–H and O–H groups in total. The van der Waals surface area contributed by atoms with Crippen molar-refractivity contribution in [3.05, 3.63) is 194 Å². The van der Waals surface area contributed by atoms with Gasteiger partial charge in [-0.1, -0.05) is 140 Å². The first kappa shape index (κ1) is 30.3. The SMILES string of the molecule is c1ccc(-c2cc(-c3ccccc3)cc(-c3ccc(-c4ccc5c6ccccc6n(-c6nc7ccccc7c7nc8ccccc8n67)c5c4)cc3)c2)cc1. The predicted molar refractivity (Wildman–Crippen MR) is 224 cm³/mol. The molecule has 0 fully saturated rings. The van der Waals surface area contributed by atoms with Crippen LogP contribution < -0.4 is 0 Å². The van der Waals surface area contributed by atoms with Crippen molar-refractivity contribution in [2.24, 2.45) is 0 Å². The zero-order valence-corrected chi connectivity index (χ0v) is 29.3.